The Morgan fingerprint density at radius 1 is 0.451 bits per heavy atom. The summed E-state index contributed by atoms with van der Waals surface area (Å²) < 4.78 is 301. The maximum Gasteiger partial charge on any atom is 1.00 e. The van der Waals surface area contributed by atoms with Crippen molar-refractivity contribution in [2.24, 2.45) is 29.4 Å². The van der Waals surface area contributed by atoms with E-state index in [4.69, 9.17) is 53.1 Å². The van der Waals surface area contributed by atoms with Crippen LogP contribution >= 0.6 is 0 Å². The van der Waals surface area contributed by atoms with Gasteiger partial charge in [-0.05, 0) is 119 Å². The number of hydrogen-bond donors (Lipinski definition) is 0. The van der Waals surface area contributed by atoms with Crippen LogP contribution in [0.1, 0.15) is 88.5 Å². The number of nitrogens with zero attached hydrogens (tertiary/aromatic N) is 4. The van der Waals surface area contributed by atoms with Gasteiger partial charge in [-0.1, -0.05) is 55.0 Å². The number of halogens is 12. The molecule has 0 heterocycles. The predicted octanol–water partition coefficient (Wildman–Crippen LogP) is -6.76. The van der Waals surface area contributed by atoms with E-state index in [0.717, 1.165) is 23.0 Å². The van der Waals surface area contributed by atoms with Gasteiger partial charge in [-0.3, -0.25) is 0 Å². The van der Waals surface area contributed by atoms with Gasteiger partial charge in [0.25, 0.3) is 0 Å². The molecule has 0 spiro atoms. The molecule has 0 radical (unpaired) electrons. The van der Waals surface area contributed by atoms with E-state index >= 15 is 0 Å². The molecule has 3 atom stereocenters. The number of benzene rings is 2. The summed E-state index contributed by atoms with van der Waals surface area (Å²) in [4.78, 5) is 0. The van der Waals surface area contributed by atoms with Gasteiger partial charge >= 0.3 is 281 Å². The van der Waals surface area contributed by atoms with Crippen molar-refractivity contribution in [3.63, 3.8) is 0 Å². The van der Waals surface area contributed by atoms with Gasteiger partial charge in [0.05, 0.1) is 0 Å². The van der Waals surface area contributed by atoms with Crippen LogP contribution in [-0.4, -0.2) is 198 Å². The molecule has 2 saturated carbocycles. The van der Waals surface area contributed by atoms with E-state index in [-0.39, 0.29) is 207 Å². The van der Waals surface area contributed by atoms with Gasteiger partial charge in [0, 0.05) is 119 Å². The van der Waals surface area contributed by atoms with Crippen molar-refractivity contribution < 1.29 is 344 Å². The van der Waals surface area contributed by atoms with Crippen molar-refractivity contribution >= 4 is 98.9 Å². The third kappa shape index (κ3) is 37.0. The molecular formula is C50H78F12K3N4NaO24S4Si4. The van der Waals surface area contributed by atoms with Gasteiger partial charge in [0.1, 0.15) is 0 Å². The van der Waals surface area contributed by atoms with Crippen molar-refractivity contribution in [2.75, 3.05) is 83.8 Å². The molecule has 2 aliphatic carbocycles. The summed E-state index contributed by atoms with van der Waals surface area (Å²) in [5, 5.41) is 44.1. The summed E-state index contributed by atoms with van der Waals surface area (Å²) in [6, 6.07) is 11.7. The number of rotatable bonds is 32. The van der Waals surface area contributed by atoms with Crippen LogP contribution < -0.4 is 204 Å². The normalized spacial score (nSPS) is 16.7. The van der Waals surface area contributed by atoms with Crippen molar-refractivity contribution in [1.82, 2.24) is 0 Å². The van der Waals surface area contributed by atoms with Crippen molar-refractivity contribution in [3.8, 4) is 0 Å². The Hall–Kier alpha value is 1.58. The Kier molecular flexibility index (Phi) is 55.7. The van der Waals surface area contributed by atoms with E-state index in [2.05, 4.69) is 13.2 Å². The van der Waals surface area contributed by atoms with Gasteiger partial charge in [0.2, 0.25) is 0 Å². The fourth-order valence-corrected chi connectivity index (χ4v) is 19.5. The van der Waals surface area contributed by atoms with Crippen molar-refractivity contribution in [2.45, 2.75) is 125 Å². The minimum absolute atomic E-state index is 0. The third-order valence-electron chi connectivity index (χ3n) is 13.8. The van der Waals surface area contributed by atoms with Crippen LogP contribution in [0.3, 0.4) is 0 Å². The largest absolute Gasteiger partial charge is 1.00 e. The second-order valence-corrected chi connectivity index (χ2v) is 38.4. The van der Waals surface area contributed by atoms with Gasteiger partial charge < -0.3 is 73.5 Å². The molecule has 2 aliphatic rings. The van der Waals surface area contributed by atoms with Crippen LogP contribution in [0.5, 0.6) is 0 Å². The first kappa shape index (κ1) is 112. The van der Waals surface area contributed by atoms with Crippen LogP contribution in [0.25, 0.3) is 0 Å². The maximum atomic E-state index is 12.2. The first-order valence-corrected chi connectivity index (χ1v) is 41.7. The molecule has 0 saturated heterocycles. The zero-order chi connectivity index (χ0) is 76.2. The molecule has 0 N–H and O–H groups in total. The molecule has 0 aliphatic heterocycles. The van der Waals surface area contributed by atoms with E-state index in [0.29, 0.717) is 57.2 Å². The summed E-state index contributed by atoms with van der Waals surface area (Å²) in [6.07, 6.45) is 5.90. The monoisotopic (exact) mass is 1730 g/mol. The van der Waals surface area contributed by atoms with Crippen LogP contribution in [0, 0.1) is 11.8 Å². The Morgan fingerprint density at radius 3 is 0.971 bits per heavy atom. The van der Waals surface area contributed by atoms with E-state index in [1.807, 2.05) is 25.2 Å². The van der Waals surface area contributed by atoms with E-state index < -0.39 is 127 Å². The minimum atomic E-state index is -5.86. The average molecular weight is 1730 g/mol. The second kappa shape index (κ2) is 50.6. The molecule has 570 valence electrons. The summed E-state index contributed by atoms with van der Waals surface area (Å²) in [5.41, 5.74) is -20.8. The predicted molar refractivity (Wildman–Crippen MR) is 328 cm³/mol. The summed E-state index contributed by atoms with van der Waals surface area (Å²) >= 11 is 0. The molecule has 3 unspecified atom stereocenters. The quantitative estimate of drug-likeness (QED) is 0.0284. The molecule has 2 bridgehead atoms. The van der Waals surface area contributed by atoms with E-state index in [1.54, 1.807) is 0 Å². The molecule has 28 nitrogen and oxygen atoms in total. The molecular weight excluding hydrogens is 1650 g/mol. The molecule has 52 heteroatoms. The van der Waals surface area contributed by atoms with Gasteiger partial charge in [-0.25, -0.2) is 0 Å². The second-order valence-electron chi connectivity index (χ2n) is 19.9. The van der Waals surface area contributed by atoms with Gasteiger partial charge in [-0.2, -0.15) is 104 Å². The van der Waals surface area contributed by atoms with Gasteiger partial charge in [0.15, 0.2) is 0 Å². The standard InChI is InChI=1S/2C13H18F3NO6SSi.C13H26O3Si.C8H16F3NO6SSi.C3H4F3NO3S.3K.Na/c2*1-21-25(22-2,23-3)9-8-10-4-6-11(7-5-10)12(18)17-24(19,20)13(14,15)16;1-4-14-17(15-5-2,16-6-3)13-10-11-7-8-12(13)9-11;1-16-20(17-2,18-3)6-4-5-7(13)12-19(14,15)8(9,10)11;1-2(8)7-11(9,10)3(4,5)6;;;;/h2*4-7H,8-9H2,1-3H3,(H,17,18);11-13H,4-10H2,1-3H3;4-6H2,1-3H3,(H,12,13);1H3,(H,7,8);;;;/q;;;;;4*+1/p-4. The Bertz CT molecular complexity index is 3190. The van der Waals surface area contributed by atoms with Crippen LogP contribution in [0.2, 0.25) is 23.7 Å². The fraction of sp³-hybridized carbons (Fsp3) is 0.680. The van der Waals surface area contributed by atoms with E-state index in [1.165, 1.54) is 138 Å². The topological polar surface area (TPSA) is 389 Å². The Morgan fingerprint density at radius 2 is 0.735 bits per heavy atom. The first-order chi connectivity index (χ1) is 45.0. The minimum Gasteiger partial charge on any atom is -0.861 e. The molecule has 2 aromatic carbocycles. The molecule has 2 aromatic rings. The van der Waals surface area contributed by atoms with Crippen LogP contribution in [0.4, 0.5) is 52.7 Å². The summed E-state index contributed by atoms with van der Waals surface area (Å²) in [6.45, 7) is 8.89. The first-order valence-electron chi connectivity index (χ1n) is 28.3. The number of alkyl halides is 12. The molecule has 102 heavy (non-hydrogen) atoms. The SMILES string of the molecule is CC([O-])=NS(=O)(=O)C(F)(F)F.CCO[Si](OCC)(OCC)C1CC2CCC1C2.CO[Si](CCCC([O-])=NS(=O)(=O)C(F)(F)F)(OC)OC.CO[Si](CCc1ccc(C([O-])=NS(=O)(=O)C(F)(F)F)cc1)(OC)OC.CO[Si](CCc1ccc(C([O-])=NS(=O)(=O)C(F)(F)F)cc1)(OC)OC.[K+].[K+].[K+].[Na+]. The number of sulfonamides is 4. The number of hydrogen-bond acceptors (Lipinski definition) is 24. The molecule has 4 rings (SSSR count). The van der Waals surface area contributed by atoms with Gasteiger partial charge in [-0.15, -0.1) is 0 Å². The smallest absolute Gasteiger partial charge is 0.861 e. The van der Waals surface area contributed by atoms with Crippen molar-refractivity contribution in [1.29, 1.82) is 0 Å². The van der Waals surface area contributed by atoms with Crippen LogP contribution in [0.15, 0.2) is 66.1 Å². The summed E-state index contributed by atoms with van der Waals surface area (Å²) in [5.74, 6) is -4.04. The average Bonchev–Trinajstić information content (AvgIpc) is 1.62. The maximum absolute atomic E-state index is 12.2. The molecule has 0 aromatic heterocycles. The van der Waals surface area contributed by atoms with E-state index in [9.17, 15) is 107 Å². The van der Waals surface area contributed by atoms with Crippen LogP contribution in [-0.2, 0) is 106 Å². The molecule has 2 fully saturated rings. The number of aryl methyl sites for hydroxylation is 2. The Balaban J connectivity index is -0.000000389. The number of fused-ring (bicyclic) bond motifs is 2. The molecule has 0 amide bonds. The van der Waals surface area contributed by atoms with Crippen molar-refractivity contribution in [3.05, 3.63) is 70.8 Å². The zero-order valence-corrected chi connectivity index (χ0v) is 77.6. The third-order valence-corrected chi connectivity index (χ3v) is 29.9. The summed E-state index contributed by atoms with van der Waals surface area (Å²) in [7, 11) is -21.3. The Labute approximate surface area is 740 Å². The fourth-order valence-electron chi connectivity index (χ4n) is 8.95. The zero-order valence-electron chi connectivity index (χ0n) is 59.0.